The van der Waals surface area contributed by atoms with Gasteiger partial charge in [0.2, 0.25) is 17.7 Å². The molecule has 2 aromatic carbocycles. The molecule has 0 aromatic heterocycles. The molecule has 30 heavy (non-hydrogen) atoms. The predicted octanol–water partition coefficient (Wildman–Crippen LogP) is 2.76. The minimum atomic E-state index is -0.471. The summed E-state index contributed by atoms with van der Waals surface area (Å²) in [5, 5.41) is 5.36. The molecule has 0 radical (unpaired) electrons. The van der Waals surface area contributed by atoms with Crippen molar-refractivity contribution in [2.45, 2.75) is 26.7 Å². The van der Waals surface area contributed by atoms with E-state index in [2.05, 4.69) is 17.6 Å². The summed E-state index contributed by atoms with van der Waals surface area (Å²) in [7, 11) is 0. The maximum atomic E-state index is 12.5. The molecule has 1 heterocycles. The van der Waals surface area contributed by atoms with Crippen LogP contribution in [-0.2, 0) is 20.8 Å². The molecule has 1 aliphatic rings. The Morgan fingerprint density at radius 1 is 1.07 bits per heavy atom. The zero-order valence-corrected chi connectivity index (χ0v) is 17.3. The Morgan fingerprint density at radius 3 is 2.40 bits per heavy atom. The summed E-state index contributed by atoms with van der Waals surface area (Å²) in [6.07, 6.45) is 1.07. The molecular formula is C23H27N3O4. The average molecular weight is 409 g/mol. The number of carbonyl (C=O) groups excluding carboxylic acids is 3. The first-order valence-corrected chi connectivity index (χ1v) is 10.2. The summed E-state index contributed by atoms with van der Waals surface area (Å²) >= 11 is 0. The summed E-state index contributed by atoms with van der Waals surface area (Å²) in [5.74, 6) is -0.454. The third-order valence-corrected chi connectivity index (χ3v) is 5.02. The van der Waals surface area contributed by atoms with E-state index in [0.717, 1.165) is 17.9 Å². The van der Waals surface area contributed by atoms with Gasteiger partial charge in [0, 0.05) is 24.3 Å². The van der Waals surface area contributed by atoms with Gasteiger partial charge in [0.15, 0.2) is 0 Å². The van der Waals surface area contributed by atoms with E-state index in [1.165, 1.54) is 5.56 Å². The molecule has 0 spiro atoms. The summed E-state index contributed by atoms with van der Waals surface area (Å²) < 4.78 is 5.36. The van der Waals surface area contributed by atoms with Crippen molar-refractivity contribution in [3.8, 4) is 5.75 Å². The van der Waals surface area contributed by atoms with Crippen LogP contribution in [0.25, 0.3) is 0 Å². The Kier molecular flexibility index (Phi) is 7.06. The van der Waals surface area contributed by atoms with Crippen molar-refractivity contribution < 1.29 is 19.1 Å². The first-order valence-electron chi connectivity index (χ1n) is 10.2. The standard InChI is InChI=1S/C23H27N3O4/c1-3-16-5-9-19(10-6-16)26-15-17(13-22(26)28)23(29)24-14-21(27)25-18-7-11-20(12-8-18)30-4-2/h5-12,17H,3-4,13-15H2,1-2H3,(H,24,29)(H,25,27)/t17-/m1/s1. The molecule has 1 atom stereocenters. The summed E-state index contributed by atoms with van der Waals surface area (Å²) in [6.45, 7) is 4.71. The van der Waals surface area contributed by atoms with Gasteiger partial charge in [0.05, 0.1) is 19.1 Å². The average Bonchev–Trinajstić information content (AvgIpc) is 3.15. The monoisotopic (exact) mass is 409 g/mol. The minimum Gasteiger partial charge on any atom is -0.494 e. The van der Waals surface area contributed by atoms with Crippen molar-refractivity contribution in [2.24, 2.45) is 5.92 Å². The molecule has 1 fully saturated rings. The minimum absolute atomic E-state index is 0.0850. The van der Waals surface area contributed by atoms with Crippen LogP contribution >= 0.6 is 0 Å². The fourth-order valence-electron chi connectivity index (χ4n) is 3.36. The van der Waals surface area contributed by atoms with E-state index in [1.807, 2.05) is 31.2 Å². The highest BCUT2D eigenvalue weighted by Gasteiger charge is 2.35. The van der Waals surface area contributed by atoms with Gasteiger partial charge in [0.1, 0.15) is 5.75 Å². The SMILES string of the molecule is CCOc1ccc(NC(=O)CNC(=O)[C@@H]2CC(=O)N(c3ccc(CC)cc3)C2)cc1. The second kappa shape index (κ2) is 9.91. The molecule has 3 rings (SSSR count). The third-order valence-electron chi connectivity index (χ3n) is 5.02. The van der Waals surface area contributed by atoms with Gasteiger partial charge in [0.25, 0.3) is 0 Å². The number of nitrogens with zero attached hydrogens (tertiary/aromatic N) is 1. The van der Waals surface area contributed by atoms with E-state index in [0.29, 0.717) is 18.8 Å². The highest BCUT2D eigenvalue weighted by atomic mass is 16.5. The molecule has 158 valence electrons. The molecule has 7 heteroatoms. The molecule has 7 nitrogen and oxygen atoms in total. The zero-order chi connectivity index (χ0) is 21.5. The van der Waals surface area contributed by atoms with E-state index in [1.54, 1.807) is 29.2 Å². The van der Waals surface area contributed by atoms with Gasteiger partial charge in [-0.2, -0.15) is 0 Å². The van der Waals surface area contributed by atoms with E-state index < -0.39 is 5.92 Å². The second-order valence-corrected chi connectivity index (χ2v) is 7.15. The summed E-state index contributed by atoms with van der Waals surface area (Å²) in [6, 6.07) is 14.8. The maximum Gasteiger partial charge on any atom is 0.243 e. The van der Waals surface area contributed by atoms with Crippen LogP contribution in [0.5, 0.6) is 5.75 Å². The third kappa shape index (κ3) is 5.37. The van der Waals surface area contributed by atoms with Gasteiger partial charge in [-0.3, -0.25) is 14.4 Å². The number of anilines is 2. The molecular weight excluding hydrogens is 382 g/mol. The molecule has 0 saturated carbocycles. The van der Waals surface area contributed by atoms with Gasteiger partial charge in [-0.15, -0.1) is 0 Å². The van der Waals surface area contributed by atoms with E-state index >= 15 is 0 Å². The van der Waals surface area contributed by atoms with Crippen molar-refractivity contribution in [2.75, 3.05) is 29.9 Å². The van der Waals surface area contributed by atoms with Crippen LogP contribution in [0.2, 0.25) is 0 Å². The number of nitrogens with one attached hydrogen (secondary N) is 2. The van der Waals surface area contributed by atoms with Gasteiger partial charge in [-0.1, -0.05) is 19.1 Å². The Balaban J connectivity index is 1.48. The van der Waals surface area contributed by atoms with E-state index in [-0.39, 0.29) is 30.7 Å². The van der Waals surface area contributed by atoms with E-state index in [4.69, 9.17) is 4.74 Å². The predicted molar refractivity (Wildman–Crippen MR) is 116 cm³/mol. The molecule has 3 amide bonds. The Hall–Kier alpha value is -3.35. The number of hydrogen-bond donors (Lipinski definition) is 2. The number of rotatable bonds is 8. The van der Waals surface area contributed by atoms with Crippen LogP contribution in [0.1, 0.15) is 25.8 Å². The van der Waals surface area contributed by atoms with E-state index in [9.17, 15) is 14.4 Å². The summed E-state index contributed by atoms with van der Waals surface area (Å²) in [4.78, 5) is 38.6. The van der Waals surface area contributed by atoms with Gasteiger partial charge in [-0.25, -0.2) is 0 Å². The second-order valence-electron chi connectivity index (χ2n) is 7.15. The number of amides is 3. The fraction of sp³-hybridized carbons (Fsp3) is 0.348. The molecule has 2 aromatic rings. The number of benzene rings is 2. The maximum absolute atomic E-state index is 12.5. The highest BCUT2D eigenvalue weighted by molar-refractivity contribution is 6.01. The van der Waals surface area contributed by atoms with Crippen LogP contribution in [0.3, 0.4) is 0 Å². The van der Waals surface area contributed by atoms with Crippen molar-refractivity contribution in [1.82, 2.24) is 5.32 Å². The summed E-state index contributed by atoms with van der Waals surface area (Å²) in [5.41, 5.74) is 2.61. The van der Waals surface area contributed by atoms with Crippen LogP contribution < -0.4 is 20.3 Å². The molecule has 0 bridgehead atoms. The lowest BCUT2D eigenvalue weighted by Gasteiger charge is -2.17. The topological polar surface area (TPSA) is 87.7 Å². The highest BCUT2D eigenvalue weighted by Crippen LogP contribution is 2.25. The smallest absolute Gasteiger partial charge is 0.243 e. The quantitative estimate of drug-likeness (QED) is 0.702. The van der Waals surface area contributed by atoms with Crippen LogP contribution in [-0.4, -0.2) is 37.4 Å². The van der Waals surface area contributed by atoms with Crippen molar-refractivity contribution >= 4 is 29.1 Å². The van der Waals surface area contributed by atoms with Crippen LogP contribution in [0.15, 0.2) is 48.5 Å². The van der Waals surface area contributed by atoms with Gasteiger partial charge >= 0.3 is 0 Å². The molecule has 2 N–H and O–H groups in total. The molecule has 0 aliphatic carbocycles. The Morgan fingerprint density at radius 2 is 1.77 bits per heavy atom. The van der Waals surface area contributed by atoms with Crippen LogP contribution in [0, 0.1) is 5.92 Å². The number of hydrogen-bond acceptors (Lipinski definition) is 4. The van der Waals surface area contributed by atoms with Crippen molar-refractivity contribution in [1.29, 1.82) is 0 Å². The molecule has 1 aliphatic heterocycles. The lowest BCUT2D eigenvalue weighted by Crippen LogP contribution is -2.37. The largest absolute Gasteiger partial charge is 0.494 e. The van der Waals surface area contributed by atoms with Crippen LogP contribution in [0.4, 0.5) is 11.4 Å². The first-order chi connectivity index (χ1) is 14.5. The Bertz CT molecular complexity index is 894. The van der Waals surface area contributed by atoms with Crippen molar-refractivity contribution in [3.05, 3.63) is 54.1 Å². The normalized spacial score (nSPS) is 15.7. The lowest BCUT2D eigenvalue weighted by molar-refractivity contribution is -0.127. The molecule has 1 saturated heterocycles. The molecule has 0 unspecified atom stereocenters. The Labute approximate surface area is 176 Å². The van der Waals surface area contributed by atoms with Gasteiger partial charge < -0.3 is 20.3 Å². The van der Waals surface area contributed by atoms with Gasteiger partial charge in [-0.05, 0) is 55.3 Å². The first kappa shape index (κ1) is 21.4. The fourth-order valence-corrected chi connectivity index (χ4v) is 3.36. The lowest BCUT2D eigenvalue weighted by atomic mass is 10.1. The number of ether oxygens (including phenoxy) is 1. The number of aryl methyl sites for hydroxylation is 1. The zero-order valence-electron chi connectivity index (χ0n) is 17.3. The van der Waals surface area contributed by atoms with Crippen molar-refractivity contribution in [3.63, 3.8) is 0 Å². The number of carbonyl (C=O) groups is 3.